The highest BCUT2D eigenvalue weighted by Crippen LogP contribution is 2.17. The van der Waals surface area contributed by atoms with Crippen LogP contribution in [0.3, 0.4) is 0 Å². The van der Waals surface area contributed by atoms with Crippen molar-refractivity contribution in [2.45, 2.75) is 31.7 Å². The molecule has 0 aliphatic carbocycles. The van der Waals surface area contributed by atoms with Crippen molar-refractivity contribution in [1.82, 2.24) is 4.90 Å². The van der Waals surface area contributed by atoms with Crippen LogP contribution in [0.15, 0.2) is 30.3 Å². The van der Waals surface area contributed by atoms with E-state index in [0.29, 0.717) is 13.0 Å². The molecule has 1 aliphatic rings. The monoisotopic (exact) mass is 268 g/mol. The van der Waals surface area contributed by atoms with E-state index in [-0.39, 0.29) is 24.4 Å². The number of nitrogens with two attached hydrogens (primary N) is 1. The van der Waals surface area contributed by atoms with Gasteiger partial charge in [-0.2, -0.15) is 0 Å². The molecule has 1 saturated heterocycles. The van der Waals surface area contributed by atoms with Gasteiger partial charge in [-0.1, -0.05) is 30.3 Å². The number of halogens is 1. The van der Waals surface area contributed by atoms with E-state index in [1.807, 2.05) is 23.1 Å². The van der Waals surface area contributed by atoms with E-state index in [1.54, 1.807) is 0 Å². The fraction of sp³-hybridized carbons (Fsp3) is 0.500. The molecule has 1 heterocycles. The molecule has 0 radical (unpaired) electrons. The van der Waals surface area contributed by atoms with Crippen LogP contribution in [0.5, 0.6) is 0 Å². The molecule has 1 aromatic rings. The summed E-state index contributed by atoms with van der Waals surface area (Å²) in [7, 11) is 0. The summed E-state index contributed by atoms with van der Waals surface area (Å²) in [4.78, 5) is 14.0. The third-order valence-electron chi connectivity index (χ3n) is 3.44. The van der Waals surface area contributed by atoms with E-state index >= 15 is 0 Å². The maximum Gasteiger partial charge on any atom is 0.223 e. The summed E-state index contributed by atoms with van der Waals surface area (Å²) in [5.74, 6) is 0.252. The van der Waals surface area contributed by atoms with Gasteiger partial charge in [0.1, 0.15) is 0 Å². The van der Waals surface area contributed by atoms with Crippen LogP contribution in [-0.2, 0) is 11.2 Å². The highest BCUT2D eigenvalue weighted by Gasteiger charge is 2.26. The topological polar surface area (TPSA) is 46.3 Å². The number of nitrogens with zero attached hydrogens (tertiary/aromatic N) is 1. The van der Waals surface area contributed by atoms with Gasteiger partial charge in [0.2, 0.25) is 5.91 Å². The second-order valence-electron chi connectivity index (χ2n) is 4.60. The van der Waals surface area contributed by atoms with E-state index < -0.39 is 0 Å². The van der Waals surface area contributed by atoms with E-state index in [9.17, 15) is 4.79 Å². The van der Waals surface area contributed by atoms with Crippen LogP contribution >= 0.6 is 12.4 Å². The quantitative estimate of drug-likeness (QED) is 0.908. The summed E-state index contributed by atoms with van der Waals surface area (Å²) in [5.41, 5.74) is 6.90. The Bertz CT molecular complexity index is 369. The van der Waals surface area contributed by atoms with E-state index in [2.05, 4.69) is 12.1 Å². The van der Waals surface area contributed by atoms with Gasteiger partial charge in [0, 0.05) is 25.6 Å². The first-order valence-corrected chi connectivity index (χ1v) is 6.34. The van der Waals surface area contributed by atoms with E-state index in [0.717, 1.165) is 25.8 Å². The number of carbonyl (C=O) groups excluding carboxylic acids is 1. The molecule has 1 atom stereocenters. The minimum Gasteiger partial charge on any atom is -0.338 e. The average molecular weight is 269 g/mol. The Morgan fingerprint density at radius 1 is 1.33 bits per heavy atom. The Kier molecular flexibility index (Phi) is 6.16. The summed E-state index contributed by atoms with van der Waals surface area (Å²) in [6, 6.07) is 10.4. The number of amides is 1. The van der Waals surface area contributed by atoms with Crippen LogP contribution in [0, 0.1) is 0 Å². The molecular formula is C14H21ClN2O. The third-order valence-corrected chi connectivity index (χ3v) is 3.44. The molecule has 4 heteroatoms. The molecule has 0 aromatic heterocycles. The zero-order valence-corrected chi connectivity index (χ0v) is 11.4. The van der Waals surface area contributed by atoms with Gasteiger partial charge < -0.3 is 10.6 Å². The number of carbonyl (C=O) groups is 1. The molecule has 1 aromatic carbocycles. The van der Waals surface area contributed by atoms with Gasteiger partial charge in [-0.15, -0.1) is 12.4 Å². The molecule has 2 N–H and O–H groups in total. The Hall–Kier alpha value is -1.06. The predicted octanol–water partition coefficient (Wildman–Crippen LogP) is 1.99. The minimum absolute atomic E-state index is 0. The van der Waals surface area contributed by atoms with Crippen molar-refractivity contribution in [3.05, 3.63) is 35.9 Å². The van der Waals surface area contributed by atoms with Gasteiger partial charge in [-0.3, -0.25) is 4.79 Å². The highest BCUT2D eigenvalue weighted by molar-refractivity contribution is 5.85. The van der Waals surface area contributed by atoms with Gasteiger partial charge >= 0.3 is 0 Å². The van der Waals surface area contributed by atoms with E-state index in [4.69, 9.17) is 5.73 Å². The van der Waals surface area contributed by atoms with E-state index in [1.165, 1.54) is 5.56 Å². The fourth-order valence-electron chi connectivity index (χ4n) is 2.45. The first-order chi connectivity index (χ1) is 8.31. The molecule has 3 nitrogen and oxygen atoms in total. The molecule has 100 valence electrons. The number of aryl methyl sites for hydroxylation is 1. The normalized spacial score (nSPS) is 18.5. The van der Waals surface area contributed by atoms with Crippen LogP contribution < -0.4 is 5.73 Å². The summed E-state index contributed by atoms with van der Waals surface area (Å²) >= 11 is 0. The maximum atomic E-state index is 12.1. The van der Waals surface area contributed by atoms with Crippen molar-refractivity contribution in [2.24, 2.45) is 5.73 Å². The van der Waals surface area contributed by atoms with Crippen LogP contribution in [0.4, 0.5) is 0 Å². The van der Waals surface area contributed by atoms with Crippen LogP contribution in [-0.4, -0.2) is 29.9 Å². The molecule has 1 aliphatic heterocycles. The molecule has 0 spiro atoms. The number of likely N-dealkylation sites (tertiary alicyclic amines) is 1. The zero-order valence-electron chi connectivity index (χ0n) is 10.5. The zero-order chi connectivity index (χ0) is 12.1. The summed E-state index contributed by atoms with van der Waals surface area (Å²) in [5, 5.41) is 0. The first kappa shape index (κ1) is 15.0. The number of rotatable bonds is 4. The van der Waals surface area contributed by atoms with Crippen LogP contribution in [0.2, 0.25) is 0 Å². The molecular weight excluding hydrogens is 248 g/mol. The molecule has 1 amide bonds. The van der Waals surface area contributed by atoms with Gasteiger partial charge in [-0.25, -0.2) is 0 Å². The van der Waals surface area contributed by atoms with Crippen molar-refractivity contribution < 1.29 is 4.79 Å². The molecule has 18 heavy (non-hydrogen) atoms. The van der Waals surface area contributed by atoms with Crippen molar-refractivity contribution >= 4 is 18.3 Å². The Morgan fingerprint density at radius 2 is 2.06 bits per heavy atom. The Labute approximate surface area is 115 Å². The molecule has 0 bridgehead atoms. The van der Waals surface area contributed by atoms with Crippen molar-refractivity contribution in [3.63, 3.8) is 0 Å². The first-order valence-electron chi connectivity index (χ1n) is 6.34. The second-order valence-corrected chi connectivity index (χ2v) is 4.60. The SMILES string of the molecule is Cl.NCC1CCCN1C(=O)CCc1ccccc1. The molecule has 2 rings (SSSR count). The van der Waals surface area contributed by atoms with Crippen molar-refractivity contribution in [3.8, 4) is 0 Å². The van der Waals surface area contributed by atoms with Gasteiger partial charge in [-0.05, 0) is 24.8 Å². The lowest BCUT2D eigenvalue weighted by atomic mass is 10.1. The largest absolute Gasteiger partial charge is 0.338 e. The maximum absolute atomic E-state index is 12.1. The third kappa shape index (κ3) is 3.72. The minimum atomic E-state index is 0. The van der Waals surface area contributed by atoms with Crippen LogP contribution in [0.25, 0.3) is 0 Å². The average Bonchev–Trinajstić information content (AvgIpc) is 2.85. The molecule has 0 saturated carbocycles. The second kappa shape index (κ2) is 7.39. The number of hydrogen-bond donors (Lipinski definition) is 1. The summed E-state index contributed by atoms with van der Waals surface area (Å²) in [6.07, 6.45) is 3.58. The standard InChI is InChI=1S/C14H20N2O.ClH/c15-11-13-7-4-10-16(13)14(17)9-8-12-5-2-1-3-6-12;/h1-3,5-6,13H,4,7-11,15H2;1H. The van der Waals surface area contributed by atoms with Crippen LogP contribution in [0.1, 0.15) is 24.8 Å². The lowest BCUT2D eigenvalue weighted by Gasteiger charge is -2.23. The van der Waals surface area contributed by atoms with Gasteiger partial charge in [0.25, 0.3) is 0 Å². The lowest BCUT2D eigenvalue weighted by Crippen LogP contribution is -2.39. The summed E-state index contributed by atoms with van der Waals surface area (Å²) in [6.45, 7) is 1.48. The number of hydrogen-bond acceptors (Lipinski definition) is 2. The van der Waals surface area contributed by atoms with Crippen molar-refractivity contribution in [1.29, 1.82) is 0 Å². The highest BCUT2D eigenvalue weighted by atomic mass is 35.5. The van der Waals surface area contributed by atoms with Gasteiger partial charge in [0.15, 0.2) is 0 Å². The molecule has 1 unspecified atom stereocenters. The van der Waals surface area contributed by atoms with Crippen molar-refractivity contribution in [2.75, 3.05) is 13.1 Å². The Balaban J connectivity index is 0.00000162. The Morgan fingerprint density at radius 3 is 2.72 bits per heavy atom. The lowest BCUT2D eigenvalue weighted by molar-refractivity contribution is -0.131. The number of benzene rings is 1. The summed E-state index contributed by atoms with van der Waals surface area (Å²) < 4.78 is 0. The predicted molar refractivity (Wildman–Crippen MR) is 75.8 cm³/mol. The molecule has 1 fully saturated rings. The fourth-order valence-corrected chi connectivity index (χ4v) is 2.45. The smallest absolute Gasteiger partial charge is 0.223 e. The van der Waals surface area contributed by atoms with Gasteiger partial charge in [0.05, 0.1) is 0 Å².